The number of halogens is 1. The third-order valence-electron chi connectivity index (χ3n) is 1.79. The molecule has 0 radical (unpaired) electrons. The van der Waals surface area contributed by atoms with E-state index >= 15 is 0 Å². The van der Waals surface area contributed by atoms with E-state index in [1.807, 2.05) is 29.6 Å². The molecule has 0 bridgehead atoms. The second kappa shape index (κ2) is 4.09. The Morgan fingerprint density at radius 1 is 1.43 bits per heavy atom. The van der Waals surface area contributed by atoms with Crippen molar-refractivity contribution in [2.75, 3.05) is 0 Å². The first-order chi connectivity index (χ1) is 6.79. The van der Waals surface area contributed by atoms with Crippen LogP contribution in [0.25, 0.3) is 10.6 Å². The Morgan fingerprint density at radius 3 is 2.93 bits per heavy atom. The maximum absolute atomic E-state index is 8.87. The van der Waals surface area contributed by atoms with Crippen LogP contribution in [0.1, 0.15) is 5.69 Å². The molecule has 2 aromatic rings. The summed E-state index contributed by atoms with van der Waals surface area (Å²) in [5.74, 6) is 0. The van der Waals surface area contributed by atoms with Gasteiger partial charge in [0.15, 0.2) is 0 Å². The van der Waals surface area contributed by atoms with Crippen LogP contribution in [0, 0.1) is 0 Å². The fourth-order valence-electron chi connectivity index (χ4n) is 1.13. The summed E-state index contributed by atoms with van der Waals surface area (Å²) in [6.07, 6.45) is 0. The summed E-state index contributed by atoms with van der Waals surface area (Å²) in [6.45, 7) is -0.0168. The van der Waals surface area contributed by atoms with Crippen molar-refractivity contribution in [3.8, 4) is 10.6 Å². The molecule has 0 aliphatic rings. The zero-order valence-electron chi connectivity index (χ0n) is 7.27. The average molecular weight is 226 g/mol. The van der Waals surface area contributed by atoms with Gasteiger partial charge in [0, 0.05) is 16.0 Å². The van der Waals surface area contributed by atoms with Gasteiger partial charge in [-0.15, -0.1) is 11.3 Å². The van der Waals surface area contributed by atoms with Crippen LogP contribution in [0.3, 0.4) is 0 Å². The lowest BCUT2D eigenvalue weighted by Gasteiger charge is -1.95. The molecule has 1 aromatic carbocycles. The molecule has 1 heterocycles. The Morgan fingerprint density at radius 2 is 2.29 bits per heavy atom. The first-order valence-electron chi connectivity index (χ1n) is 4.11. The molecule has 1 aromatic heterocycles. The highest BCUT2D eigenvalue weighted by Gasteiger charge is 2.03. The van der Waals surface area contributed by atoms with Crippen LogP contribution in [0.4, 0.5) is 0 Å². The summed E-state index contributed by atoms with van der Waals surface area (Å²) in [4.78, 5) is 4.25. The van der Waals surface area contributed by atoms with Gasteiger partial charge in [0.05, 0.1) is 12.3 Å². The van der Waals surface area contributed by atoms with Gasteiger partial charge in [-0.25, -0.2) is 4.98 Å². The van der Waals surface area contributed by atoms with Crippen molar-refractivity contribution in [3.63, 3.8) is 0 Å². The number of aliphatic hydroxyl groups excluding tert-OH is 1. The molecule has 0 aliphatic carbocycles. The van der Waals surface area contributed by atoms with Crippen LogP contribution < -0.4 is 0 Å². The summed E-state index contributed by atoms with van der Waals surface area (Å²) in [5.41, 5.74) is 1.69. The number of hydrogen-bond acceptors (Lipinski definition) is 3. The number of nitrogens with zero attached hydrogens (tertiary/aromatic N) is 1. The van der Waals surface area contributed by atoms with Crippen molar-refractivity contribution in [2.24, 2.45) is 0 Å². The van der Waals surface area contributed by atoms with E-state index in [2.05, 4.69) is 4.98 Å². The zero-order valence-corrected chi connectivity index (χ0v) is 8.85. The first-order valence-corrected chi connectivity index (χ1v) is 5.36. The Bertz CT molecular complexity index is 441. The fourth-order valence-corrected chi connectivity index (χ4v) is 2.13. The molecular weight excluding hydrogens is 218 g/mol. The molecule has 72 valence electrons. The second-order valence-electron chi connectivity index (χ2n) is 2.81. The molecule has 1 N–H and O–H groups in total. The smallest absolute Gasteiger partial charge is 0.123 e. The van der Waals surface area contributed by atoms with Crippen molar-refractivity contribution < 1.29 is 5.11 Å². The van der Waals surface area contributed by atoms with Gasteiger partial charge in [0.2, 0.25) is 0 Å². The molecule has 0 spiro atoms. The minimum Gasteiger partial charge on any atom is -0.390 e. The lowest BCUT2D eigenvalue weighted by Crippen LogP contribution is -1.82. The molecule has 2 nitrogen and oxygen atoms in total. The van der Waals surface area contributed by atoms with Crippen LogP contribution in [0.15, 0.2) is 29.6 Å². The van der Waals surface area contributed by atoms with Crippen molar-refractivity contribution in [2.45, 2.75) is 6.61 Å². The Kier molecular flexibility index (Phi) is 2.82. The van der Waals surface area contributed by atoms with Gasteiger partial charge in [-0.2, -0.15) is 0 Å². The van der Waals surface area contributed by atoms with E-state index in [-0.39, 0.29) is 6.61 Å². The van der Waals surface area contributed by atoms with E-state index in [4.69, 9.17) is 16.7 Å². The van der Waals surface area contributed by atoms with Gasteiger partial charge in [-0.3, -0.25) is 0 Å². The minimum absolute atomic E-state index is 0.0168. The van der Waals surface area contributed by atoms with Crippen LogP contribution in [-0.4, -0.2) is 10.1 Å². The van der Waals surface area contributed by atoms with Gasteiger partial charge in [0.25, 0.3) is 0 Å². The maximum atomic E-state index is 8.87. The molecule has 0 amide bonds. The van der Waals surface area contributed by atoms with Crippen molar-refractivity contribution in [1.29, 1.82) is 0 Å². The summed E-state index contributed by atoms with van der Waals surface area (Å²) in [5, 5.41) is 12.3. The number of benzene rings is 1. The van der Waals surface area contributed by atoms with E-state index in [9.17, 15) is 0 Å². The SMILES string of the molecule is OCc1csc(-c2cccc(Cl)c2)n1. The molecule has 14 heavy (non-hydrogen) atoms. The summed E-state index contributed by atoms with van der Waals surface area (Å²) >= 11 is 7.37. The predicted molar refractivity (Wildman–Crippen MR) is 58.5 cm³/mol. The minimum atomic E-state index is -0.0168. The van der Waals surface area contributed by atoms with E-state index < -0.39 is 0 Å². The van der Waals surface area contributed by atoms with Gasteiger partial charge >= 0.3 is 0 Å². The van der Waals surface area contributed by atoms with Crippen LogP contribution >= 0.6 is 22.9 Å². The Hall–Kier alpha value is -0.900. The standard InChI is InChI=1S/C10H8ClNOS/c11-8-3-1-2-7(4-8)10-12-9(5-13)6-14-10/h1-4,6,13H,5H2. The summed E-state index contributed by atoms with van der Waals surface area (Å²) in [7, 11) is 0. The summed E-state index contributed by atoms with van der Waals surface area (Å²) in [6, 6.07) is 7.52. The van der Waals surface area contributed by atoms with Gasteiger partial charge in [-0.1, -0.05) is 23.7 Å². The monoisotopic (exact) mass is 225 g/mol. The van der Waals surface area contributed by atoms with Crippen molar-refractivity contribution in [1.82, 2.24) is 4.98 Å². The molecule has 0 fully saturated rings. The number of aliphatic hydroxyl groups is 1. The van der Waals surface area contributed by atoms with Gasteiger partial charge in [-0.05, 0) is 12.1 Å². The van der Waals surface area contributed by atoms with Gasteiger partial charge < -0.3 is 5.11 Å². The zero-order chi connectivity index (χ0) is 9.97. The molecule has 4 heteroatoms. The highest BCUT2D eigenvalue weighted by molar-refractivity contribution is 7.13. The van der Waals surface area contributed by atoms with Crippen LogP contribution in [-0.2, 0) is 6.61 Å². The van der Waals surface area contributed by atoms with E-state index in [1.165, 1.54) is 11.3 Å². The molecule has 0 unspecified atom stereocenters. The Labute approximate surface area is 90.8 Å². The van der Waals surface area contributed by atoms with E-state index in [1.54, 1.807) is 0 Å². The molecule has 0 saturated carbocycles. The molecule has 0 aliphatic heterocycles. The van der Waals surface area contributed by atoms with Crippen LogP contribution in [0.2, 0.25) is 5.02 Å². The maximum Gasteiger partial charge on any atom is 0.123 e. The average Bonchev–Trinajstić information content (AvgIpc) is 2.66. The largest absolute Gasteiger partial charge is 0.390 e. The lowest BCUT2D eigenvalue weighted by molar-refractivity contribution is 0.278. The van der Waals surface area contributed by atoms with Crippen molar-refractivity contribution in [3.05, 3.63) is 40.4 Å². The second-order valence-corrected chi connectivity index (χ2v) is 4.11. The van der Waals surface area contributed by atoms with Gasteiger partial charge in [0.1, 0.15) is 5.01 Å². The van der Waals surface area contributed by atoms with E-state index in [0.29, 0.717) is 10.7 Å². The number of aromatic nitrogens is 1. The number of hydrogen-bond donors (Lipinski definition) is 1. The predicted octanol–water partition coefficient (Wildman–Crippen LogP) is 2.96. The highest BCUT2D eigenvalue weighted by Crippen LogP contribution is 2.25. The Balaban J connectivity index is 2.39. The normalized spacial score (nSPS) is 10.4. The summed E-state index contributed by atoms with van der Waals surface area (Å²) < 4.78 is 0. The quantitative estimate of drug-likeness (QED) is 0.853. The van der Waals surface area contributed by atoms with Crippen molar-refractivity contribution >= 4 is 22.9 Å². The third-order valence-corrected chi connectivity index (χ3v) is 2.96. The van der Waals surface area contributed by atoms with E-state index in [0.717, 1.165) is 10.6 Å². The highest BCUT2D eigenvalue weighted by atomic mass is 35.5. The first kappa shape index (κ1) is 9.65. The molecular formula is C10H8ClNOS. The third kappa shape index (κ3) is 1.95. The number of rotatable bonds is 2. The topological polar surface area (TPSA) is 33.1 Å². The van der Waals surface area contributed by atoms with Crippen LogP contribution in [0.5, 0.6) is 0 Å². The fraction of sp³-hybridized carbons (Fsp3) is 0.100. The lowest BCUT2D eigenvalue weighted by atomic mass is 10.2. The molecule has 2 rings (SSSR count). The number of thiazole rings is 1. The molecule has 0 atom stereocenters. The molecule has 0 saturated heterocycles.